The first-order chi connectivity index (χ1) is 13.6. The third-order valence-electron chi connectivity index (χ3n) is 3.99. The highest BCUT2D eigenvalue weighted by molar-refractivity contribution is 7.91. The Balaban J connectivity index is 2.03. The molecule has 10 heteroatoms. The highest BCUT2D eigenvalue weighted by Gasteiger charge is 2.33. The standard InChI is InChI=1S/C19H23NO8S/c1-12-4-6-15(7-5-12)29(24,25)11-20-19(23)17-9-8-16(27-14(3)22)18(28-17)10-26-13(2)21/h4-9,16-18H,10-11H2,1-3H3,(H,20,23)/t16-,17?,18+/m0/s1. The van der Waals surface area contributed by atoms with Crippen LogP contribution in [0.25, 0.3) is 0 Å². The highest BCUT2D eigenvalue weighted by atomic mass is 32.2. The maximum absolute atomic E-state index is 12.4. The zero-order valence-corrected chi connectivity index (χ0v) is 17.1. The van der Waals surface area contributed by atoms with E-state index in [1.54, 1.807) is 12.1 Å². The van der Waals surface area contributed by atoms with Crippen molar-refractivity contribution >= 4 is 27.7 Å². The number of hydrogen-bond acceptors (Lipinski definition) is 8. The number of carbonyl (C=O) groups excluding carboxylic acids is 3. The van der Waals surface area contributed by atoms with Crippen LogP contribution in [0.1, 0.15) is 19.4 Å². The second kappa shape index (κ2) is 9.66. The first kappa shape index (κ1) is 22.6. The van der Waals surface area contributed by atoms with Gasteiger partial charge in [0.05, 0.1) is 4.90 Å². The maximum Gasteiger partial charge on any atom is 0.303 e. The average Bonchev–Trinajstić information content (AvgIpc) is 2.65. The zero-order valence-electron chi connectivity index (χ0n) is 16.3. The molecule has 0 fully saturated rings. The minimum absolute atomic E-state index is 0.0890. The lowest BCUT2D eigenvalue weighted by molar-refractivity contribution is -0.165. The van der Waals surface area contributed by atoms with E-state index in [1.165, 1.54) is 38.1 Å². The number of hydrogen-bond donors (Lipinski definition) is 1. The third kappa shape index (κ3) is 6.68. The number of carbonyl (C=O) groups is 3. The van der Waals surface area contributed by atoms with Gasteiger partial charge in [0, 0.05) is 13.8 Å². The summed E-state index contributed by atoms with van der Waals surface area (Å²) in [6.45, 7) is 4.02. The van der Waals surface area contributed by atoms with Crippen molar-refractivity contribution in [3.8, 4) is 0 Å². The highest BCUT2D eigenvalue weighted by Crippen LogP contribution is 2.18. The molecule has 0 saturated heterocycles. The molecule has 0 aliphatic carbocycles. The van der Waals surface area contributed by atoms with Crippen molar-refractivity contribution in [1.82, 2.24) is 5.32 Å². The second-order valence-corrected chi connectivity index (χ2v) is 8.46. The molecule has 0 aromatic heterocycles. The number of rotatable bonds is 7. The van der Waals surface area contributed by atoms with Crippen LogP contribution in [0.4, 0.5) is 0 Å². The summed E-state index contributed by atoms with van der Waals surface area (Å²) in [7, 11) is -3.72. The average molecular weight is 425 g/mol. The molecule has 0 spiro atoms. The van der Waals surface area contributed by atoms with Crippen molar-refractivity contribution in [3.63, 3.8) is 0 Å². The summed E-state index contributed by atoms with van der Waals surface area (Å²) in [5, 5.41) is 2.33. The fourth-order valence-electron chi connectivity index (χ4n) is 2.53. The Morgan fingerprint density at radius 2 is 1.72 bits per heavy atom. The number of aryl methyl sites for hydroxylation is 1. The van der Waals surface area contributed by atoms with Gasteiger partial charge >= 0.3 is 11.9 Å². The Labute approximate surface area is 168 Å². The minimum atomic E-state index is -3.72. The predicted molar refractivity (Wildman–Crippen MR) is 101 cm³/mol. The summed E-state index contributed by atoms with van der Waals surface area (Å²) in [4.78, 5) is 34.7. The van der Waals surface area contributed by atoms with Gasteiger partial charge in [-0.1, -0.05) is 17.7 Å². The van der Waals surface area contributed by atoms with Crippen molar-refractivity contribution in [2.75, 3.05) is 12.5 Å². The molecule has 0 saturated carbocycles. The number of benzene rings is 1. The van der Waals surface area contributed by atoms with Crippen molar-refractivity contribution < 1.29 is 37.0 Å². The van der Waals surface area contributed by atoms with Gasteiger partial charge in [-0.3, -0.25) is 14.4 Å². The summed E-state index contributed by atoms with van der Waals surface area (Å²) in [5.41, 5.74) is 0.912. The van der Waals surface area contributed by atoms with E-state index in [-0.39, 0.29) is 11.5 Å². The Morgan fingerprint density at radius 3 is 2.31 bits per heavy atom. The van der Waals surface area contributed by atoms with Gasteiger partial charge in [0.1, 0.15) is 24.7 Å². The predicted octanol–water partition coefficient (Wildman–Crippen LogP) is 0.661. The van der Waals surface area contributed by atoms with Gasteiger partial charge in [-0.2, -0.15) is 0 Å². The molecule has 1 heterocycles. The molecule has 1 aliphatic rings. The normalized spacial score (nSPS) is 21.3. The van der Waals surface area contributed by atoms with Gasteiger partial charge < -0.3 is 19.5 Å². The molecule has 158 valence electrons. The van der Waals surface area contributed by atoms with Gasteiger partial charge in [-0.15, -0.1) is 0 Å². The van der Waals surface area contributed by atoms with Crippen molar-refractivity contribution in [2.45, 2.75) is 44.0 Å². The van der Waals surface area contributed by atoms with Crippen LogP contribution in [0.5, 0.6) is 0 Å². The van der Waals surface area contributed by atoms with Crippen LogP contribution < -0.4 is 5.32 Å². The molecular weight excluding hydrogens is 402 g/mol. The Kier molecular flexibility index (Phi) is 7.52. The van der Waals surface area contributed by atoms with Crippen LogP contribution in [0.15, 0.2) is 41.3 Å². The molecule has 1 N–H and O–H groups in total. The van der Waals surface area contributed by atoms with Gasteiger partial charge in [-0.25, -0.2) is 8.42 Å². The zero-order chi connectivity index (χ0) is 21.6. The molecule has 0 bridgehead atoms. The third-order valence-corrected chi connectivity index (χ3v) is 5.51. The van der Waals surface area contributed by atoms with Gasteiger partial charge in [0.25, 0.3) is 5.91 Å². The fraction of sp³-hybridized carbons (Fsp3) is 0.421. The van der Waals surface area contributed by atoms with Crippen molar-refractivity contribution in [3.05, 3.63) is 42.0 Å². The van der Waals surface area contributed by atoms with Crippen LogP contribution in [-0.2, 0) is 38.4 Å². The molecule has 1 aromatic rings. The van der Waals surface area contributed by atoms with Gasteiger partial charge in [-0.05, 0) is 31.2 Å². The van der Waals surface area contributed by atoms with Crippen molar-refractivity contribution in [1.29, 1.82) is 0 Å². The molecule has 9 nitrogen and oxygen atoms in total. The molecule has 3 atom stereocenters. The van der Waals surface area contributed by atoms with Crippen LogP contribution in [0.3, 0.4) is 0 Å². The molecule has 1 aromatic carbocycles. The van der Waals surface area contributed by atoms with E-state index < -0.39 is 51.9 Å². The van der Waals surface area contributed by atoms with E-state index >= 15 is 0 Å². The van der Waals surface area contributed by atoms with E-state index in [0.29, 0.717) is 0 Å². The van der Waals surface area contributed by atoms with Crippen LogP contribution in [-0.4, -0.2) is 57.1 Å². The number of nitrogens with one attached hydrogen (secondary N) is 1. The Bertz CT molecular complexity index is 891. The first-order valence-corrected chi connectivity index (χ1v) is 10.4. The van der Waals surface area contributed by atoms with E-state index in [1.807, 2.05) is 6.92 Å². The Hall–Kier alpha value is -2.72. The minimum Gasteiger partial charge on any atom is -0.463 e. The summed E-state index contributed by atoms with van der Waals surface area (Å²) in [6.07, 6.45) is -0.0798. The largest absolute Gasteiger partial charge is 0.463 e. The van der Waals surface area contributed by atoms with E-state index in [4.69, 9.17) is 14.2 Å². The van der Waals surface area contributed by atoms with Gasteiger partial charge in [0.2, 0.25) is 0 Å². The molecule has 0 radical (unpaired) electrons. The van der Waals surface area contributed by atoms with Crippen LogP contribution in [0.2, 0.25) is 0 Å². The lowest BCUT2D eigenvalue weighted by atomic mass is 10.1. The molecule has 1 amide bonds. The summed E-state index contributed by atoms with van der Waals surface area (Å²) in [6, 6.07) is 6.26. The molecule has 1 aliphatic heterocycles. The van der Waals surface area contributed by atoms with E-state index in [9.17, 15) is 22.8 Å². The molecule has 1 unspecified atom stereocenters. The first-order valence-electron chi connectivity index (χ1n) is 8.80. The van der Waals surface area contributed by atoms with Gasteiger partial charge in [0.15, 0.2) is 15.9 Å². The summed E-state index contributed by atoms with van der Waals surface area (Å²) in [5.74, 6) is -2.42. The maximum atomic E-state index is 12.4. The quantitative estimate of drug-likeness (QED) is 0.499. The van der Waals surface area contributed by atoms with Crippen molar-refractivity contribution in [2.24, 2.45) is 0 Å². The van der Waals surface area contributed by atoms with Crippen LogP contribution >= 0.6 is 0 Å². The number of sulfone groups is 1. The topological polar surface area (TPSA) is 125 Å². The smallest absolute Gasteiger partial charge is 0.303 e. The number of amides is 1. The number of esters is 2. The summed E-state index contributed by atoms with van der Waals surface area (Å²) < 4.78 is 40.2. The van der Waals surface area contributed by atoms with E-state index in [2.05, 4.69) is 5.32 Å². The SMILES string of the molecule is CC(=O)OC[C@H]1OC(C(=O)NCS(=O)(=O)c2ccc(C)cc2)C=C[C@@H]1OC(C)=O. The Morgan fingerprint density at radius 1 is 1.07 bits per heavy atom. The summed E-state index contributed by atoms with van der Waals surface area (Å²) >= 11 is 0. The second-order valence-electron chi connectivity index (χ2n) is 6.47. The molecular formula is C19H23NO8S. The molecule has 2 rings (SSSR count). The molecule has 29 heavy (non-hydrogen) atoms. The lowest BCUT2D eigenvalue weighted by Gasteiger charge is -2.30. The van der Waals surface area contributed by atoms with E-state index in [0.717, 1.165) is 5.56 Å². The lowest BCUT2D eigenvalue weighted by Crippen LogP contribution is -2.47. The monoisotopic (exact) mass is 425 g/mol. The van der Waals surface area contributed by atoms with Crippen LogP contribution in [0, 0.1) is 6.92 Å². The fourth-order valence-corrected chi connectivity index (χ4v) is 3.58. The number of ether oxygens (including phenoxy) is 3.